The van der Waals surface area contributed by atoms with Gasteiger partial charge in [-0.1, -0.05) is 30.1 Å². The lowest BCUT2D eigenvalue weighted by Crippen LogP contribution is -2.46. The Kier molecular flexibility index (Phi) is 5.45. The lowest BCUT2D eigenvalue weighted by molar-refractivity contribution is 0.0886. The summed E-state index contributed by atoms with van der Waals surface area (Å²) in [6.45, 7) is 3.88. The standard InChI is InChI=1S/C13H17Cl2NO2/c1-3-13(2,4-5-17)16-12(18)9-6-10(14)8-11(15)7-9/h6-8,17H,3-5H2,1-2H3,(H,16,18). The van der Waals surface area contributed by atoms with Gasteiger partial charge in [-0.25, -0.2) is 0 Å². The number of hydrogen-bond donors (Lipinski definition) is 2. The second kappa shape index (κ2) is 6.41. The highest BCUT2D eigenvalue weighted by Gasteiger charge is 2.24. The fourth-order valence-corrected chi connectivity index (χ4v) is 2.13. The van der Waals surface area contributed by atoms with Gasteiger partial charge in [-0.05, 0) is 38.0 Å². The summed E-state index contributed by atoms with van der Waals surface area (Å²) in [7, 11) is 0. The number of aliphatic hydroxyl groups is 1. The van der Waals surface area contributed by atoms with Crippen LogP contribution in [0.25, 0.3) is 0 Å². The van der Waals surface area contributed by atoms with Crippen molar-refractivity contribution >= 4 is 29.1 Å². The van der Waals surface area contributed by atoms with Crippen LogP contribution < -0.4 is 5.32 Å². The molecule has 0 fully saturated rings. The molecular weight excluding hydrogens is 273 g/mol. The summed E-state index contributed by atoms with van der Waals surface area (Å²) in [6.07, 6.45) is 1.23. The van der Waals surface area contributed by atoms with E-state index in [1.165, 1.54) is 0 Å². The highest BCUT2D eigenvalue weighted by Crippen LogP contribution is 2.20. The average molecular weight is 290 g/mol. The second-order valence-corrected chi connectivity index (χ2v) is 5.37. The molecule has 0 saturated heterocycles. The largest absolute Gasteiger partial charge is 0.396 e. The Morgan fingerprint density at radius 3 is 2.33 bits per heavy atom. The monoisotopic (exact) mass is 289 g/mol. The molecule has 0 aliphatic carbocycles. The van der Waals surface area contributed by atoms with Gasteiger partial charge >= 0.3 is 0 Å². The van der Waals surface area contributed by atoms with E-state index in [9.17, 15) is 4.79 Å². The molecule has 0 spiro atoms. The number of carbonyl (C=O) groups is 1. The van der Waals surface area contributed by atoms with E-state index < -0.39 is 5.54 Å². The van der Waals surface area contributed by atoms with Crippen molar-refractivity contribution in [3.05, 3.63) is 33.8 Å². The van der Waals surface area contributed by atoms with Crippen LogP contribution in [-0.2, 0) is 0 Å². The molecular formula is C13H17Cl2NO2. The molecule has 2 N–H and O–H groups in total. The van der Waals surface area contributed by atoms with E-state index in [0.717, 1.165) is 6.42 Å². The molecule has 1 amide bonds. The van der Waals surface area contributed by atoms with Crippen LogP contribution in [0, 0.1) is 0 Å². The first-order valence-electron chi connectivity index (χ1n) is 5.79. The number of nitrogens with one attached hydrogen (secondary N) is 1. The van der Waals surface area contributed by atoms with Crippen LogP contribution in [0.15, 0.2) is 18.2 Å². The lowest BCUT2D eigenvalue weighted by atomic mass is 9.94. The molecule has 100 valence electrons. The summed E-state index contributed by atoms with van der Waals surface area (Å²) in [5, 5.41) is 12.8. The van der Waals surface area contributed by atoms with Gasteiger partial charge < -0.3 is 10.4 Å². The Balaban J connectivity index is 2.87. The normalized spacial score (nSPS) is 14.1. The third kappa shape index (κ3) is 4.16. The first-order chi connectivity index (χ1) is 8.40. The molecule has 1 aromatic rings. The smallest absolute Gasteiger partial charge is 0.251 e. The molecule has 0 aliphatic rings. The molecule has 18 heavy (non-hydrogen) atoms. The Hall–Kier alpha value is -0.770. The SMILES string of the molecule is CCC(C)(CCO)NC(=O)c1cc(Cl)cc(Cl)c1. The number of benzene rings is 1. The van der Waals surface area contributed by atoms with Crippen LogP contribution in [0.4, 0.5) is 0 Å². The minimum Gasteiger partial charge on any atom is -0.396 e. The molecule has 3 nitrogen and oxygen atoms in total. The number of hydrogen-bond acceptors (Lipinski definition) is 2. The fourth-order valence-electron chi connectivity index (χ4n) is 1.61. The van der Waals surface area contributed by atoms with E-state index in [0.29, 0.717) is 22.0 Å². The Morgan fingerprint density at radius 1 is 1.33 bits per heavy atom. The zero-order valence-electron chi connectivity index (χ0n) is 10.5. The van der Waals surface area contributed by atoms with E-state index in [1.807, 2.05) is 13.8 Å². The molecule has 0 aliphatic heterocycles. The van der Waals surface area contributed by atoms with Crippen LogP contribution in [-0.4, -0.2) is 23.2 Å². The highest BCUT2D eigenvalue weighted by atomic mass is 35.5. The van der Waals surface area contributed by atoms with Gasteiger partial charge in [-0.2, -0.15) is 0 Å². The van der Waals surface area contributed by atoms with Crippen molar-refractivity contribution in [1.82, 2.24) is 5.32 Å². The van der Waals surface area contributed by atoms with Crippen LogP contribution in [0.5, 0.6) is 0 Å². The Labute approximate surface area is 117 Å². The maximum absolute atomic E-state index is 12.1. The van der Waals surface area contributed by atoms with E-state index in [-0.39, 0.29) is 12.5 Å². The summed E-state index contributed by atoms with van der Waals surface area (Å²) in [4.78, 5) is 12.1. The van der Waals surface area contributed by atoms with Gasteiger partial charge in [0.2, 0.25) is 0 Å². The molecule has 0 heterocycles. The van der Waals surface area contributed by atoms with Crippen molar-refractivity contribution in [1.29, 1.82) is 0 Å². The predicted octanol–water partition coefficient (Wildman–Crippen LogP) is 3.27. The van der Waals surface area contributed by atoms with E-state index in [1.54, 1.807) is 18.2 Å². The van der Waals surface area contributed by atoms with Crippen molar-refractivity contribution in [3.63, 3.8) is 0 Å². The summed E-state index contributed by atoms with van der Waals surface area (Å²) < 4.78 is 0. The van der Waals surface area contributed by atoms with Gasteiger partial charge in [-0.15, -0.1) is 0 Å². The van der Waals surface area contributed by atoms with E-state index in [2.05, 4.69) is 5.32 Å². The maximum Gasteiger partial charge on any atom is 0.251 e. The average Bonchev–Trinajstić information content (AvgIpc) is 2.28. The Bertz CT molecular complexity index is 417. The minimum atomic E-state index is -0.430. The zero-order chi connectivity index (χ0) is 13.8. The third-order valence-electron chi connectivity index (χ3n) is 2.98. The van der Waals surface area contributed by atoms with Crippen molar-refractivity contribution in [2.24, 2.45) is 0 Å². The summed E-state index contributed by atoms with van der Waals surface area (Å²) in [6, 6.07) is 4.71. The molecule has 1 aromatic carbocycles. The van der Waals surface area contributed by atoms with E-state index in [4.69, 9.17) is 28.3 Å². The first kappa shape index (κ1) is 15.3. The molecule has 0 aromatic heterocycles. The zero-order valence-corrected chi connectivity index (χ0v) is 12.0. The van der Waals surface area contributed by atoms with Gasteiger partial charge in [0.25, 0.3) is 5.91 Å². The summed E-state index contributed by atoms with van der Waals surface area (Å²) >= 11 is 11.7. The van der Waals surface area contributed by atoms with E-state index >= 15 is 0 Å². The van der Waals surface area contributed by atoms with Gasteiger partial charge in [0, 0.05) is 27.8 Å². The lowest BCUT2D eigenvalue weighted by Gasteiger charge is -2.29. The summed E-state index contributed by atoms with van der Waals surface area (Å²) in [5.41, 5.74) is -0.00853. The number of halogens is 2. The molecule has 1 unspecified atom stereocenters. The maximum atomic E-state index is 12.1. The minimum absolute atomic E-state index is 0.0287. The van der Waals surface area contributed by atoms with Crippen LogP contribution in [0.2, 0.25) is 10.0 Å². The highest BCUT2D eigenvalue weighted by molar-refractivity contribution is 6.35. The molecule has 5 heteroatoms. The number of aliphatic hydroxyl groups excluding tert-OH is 1. The second-order valence-electron chi connectivity index (χ2n) is 4.50. The number of amides is 1. The fraction of sp³-hybridized carbons (Fsp3) is 0.462. The first-order valence-corrected chi connectivity index (χ1v) is 6.55. The van der Waals surface area contributed by atoms with Gasteiger partial charge in [-0.3, -0.25) is 4.79 Å². The number of rotatable bonds is 5. The molecule has 1 atom stereocenters. The molecule has 0 bridgehead atoms. The topological polar surface area (TPSA) is 49.3 Å². The van der Waals surface area contributed by atoms with Crippen LogP contribution in [0.3, 0.4) is 0 Å². The molecule has 0 saturated carbocycles. The van der Waals surface area contributed by atoms with Crippen LogP contribution >= 0.6 is 23.2 Å². The molecule has 0 radical (unpaired) electrons. The third-order valence-corrected chi connectivity index (χ3v) is 3.42. The Morgan fingerprint density at radius 2 is 1.89 bits per heavy atom. The van der Waals surface area contributed by atoms with Gasteiger partial charge in [0.1, 0.15) is 0 Å². The van der Waals surface area contributed by atoms with Gasteiger partial charge in [0.05, 0.1) is 0 Å². The summed E-state index contributed by atoms with van der Waals surface area (Å²) in [5.74, 6) is -0.239. The van der Waals surface area contributed by atoms with Crippen LogP contribution in [0.1, 0.15) is 37.0 Å². The van der Waals surface area contributed by atoms with Crippen molar-refractivity contribution in [3.8, 4) is 0 Å². The van der Waals surface area contributed by atoms with Crippen molar-refractivity contribution in [2.45, 2.75) is 32.2 Å². The van der Waals surface area contributed by atoms with Crippen molar-refractivity contribution in [2.75, 3.05) is 6.61 Å². The van der Waals surface area contributed by atoms with Gasteiger partial charge in [0.15, 0.2) is 0 Å². The predicted molar refractivity (Wildman–Crippen MR) is 74.3 cm³/mol. The van der Waals surface area contributed by atoms with Crippen molar-refractivity contribution < 1.29 is 9.90 Å². The molecule has 1 rings (SSSR count). The quantitative estimate of drug-likeness (QED) is 0.874. The number of carbonyl (C=O) groups excluding carboxylic acids is 1.